The third-order valence-electron chi connectivity index (χ3n) is 2.61. The summed E-state index contributed by atoms with van der Waals surface area (Å²) >= 11 is 0. The van der Waals surface area contributed by atoms with E-state index in [1.165, 1.54) is 29.2 Å². The number of nitrogens with zero attached hydrogens (tertiary/aromatic N) is 1. The fourth-order valence-corrected chi connectivity index (χ4v) is 1.74. The Morgan fingerprint density at radius 2 is 2.00 bits per heavy atom. The molecule has 84 valence electrons. The minimum atomic E-state index is -0.974. The molecule has 4 nitrogen and oxygen atoms in total. The minimum absolute atomic E-state index is 0.00666. The molecule has 1 N–H and O–H groups in total. The van der Waals surface area contributed by atoms with Crippen molar-refractivity contribution in [1.82, 2.24) is 0 Å². The second kappa shape index (κ2) is 3.92. The first-order valence-electron chi connectivity index (χ1n) is 4.86. The molecule has 0 aliphatic carbocycles. The average Bonchev–Trinajstić information content (AvgIpc) is 2.62. The van der Waals surface area contributed by atoms with Gasteiger partial charge in [0, 0.05) is 18.7 Å². The van der Waals surface area contributed by atoms with Crippen LogP contribution < -0.4 is 4.90 Å². The Morgan fingerprint density at radius 1 is 1.38 bits per heavy atom. The molecule has 0 unspecified atom stereocenters. The molecule has 1 saturated heterocycles. The fourth-order valence-electron chi connectivity index (χ4n) is 1.74. The number of hydrogen-bond acceptors (Lipinski definition) is 2. The molecule has 0 spiro atoms. The van der Waals surface area contributed by atoms with Gasteiger partial charge in [-0.15, -0.1) is 0 Å². The molecule has 1 amide bonds. The number of carboxylic acids is 1. The lowest BCUT2D eigenvalue weighted by molar-refractivity contribution is -0.141. The Bertz CT molecular complexity index is 429. The van der Waals surface area contributed by atoms with Crippen molar-refractivity contribution >= 4 is 17.6 Å². The Morgan fingerprint density at radius 3 is 2.50 bits per heavy atom. The monoisotopic (exact) mass is 223 g/mol. The molecule has 1 aromatic carbocycles. The van der Waals surface area contributed by atoms with E-state index in [-0.39, 0.29) is 24.7 Å². The van der Waals surface area contributed by atoms with Crippen LogP contribution in [-0.2, 0) is 9.59 Å². The molecule has 1 aromatic rings. The van der Waals surface area contributed by atoms with Crippen LogP contribution in [0, 0.1) is 11.7 Å². The van der Waals surface area contributed by atoms with Crippen LogP contribution in [0.2, 0.25) is 0 Å². The van der Waals surface area contributed by atoms with E-state index in [1.54, 1.807) is 0 Å². The molecule has 1 heterocycles. The second-order valence-corrected chi connectivity index (χ2v) is 3.72. The van der Waals surface area contributed by atoms with Crippen LogP contribution in [0.25, 0.3) is 0 Å². The van der Waals surface area contributed by atoms with Gasteiger partial charge >= 0.3 is 5.97 Å². The van der Waals surface area contributed by atoms with Gasteiger partial charge in [0.1, 0.15) is 5.82 Å². The van der Waals surface area contributed by atoms with Crippen molar-refractivity contribution < 1.29 is 19.1 Å². The minimum Gasteiger partial charge on any atom is -0.481 e. The van der Waals surface area contributed by atoms with E-state index >= 15 is 0 Å². The van der Waals surface area contributed by atoms with Crippen molar-refractivity contribution in [1.29, 1.82) is 0 Å². The summed E-state index contributed by atoms with van der Waals surface area (Å²) in [5.41, 5.74) is 0.537. The summed E-state index contributed by atoms with van der Waals surface area (Å²) in [4.78, 5) is 23.7. The largest absolute Gasteiger partial charge is 0.481 e. The van der Waals surface area contributed by atoms with Gasteiger partial charge in [-0.3, -0.25) is 9.59 Å². The zero-order valence-electron chi connectivity index (χ0n) is 8.39. The maximum absolute atomic E-state index is 12.7. The Kier molecular flexibility index (Phi) is 2.60. The van der Waals surface area contributed by atoms with Crippen LogP contribution in [0.1, 0.15) is 6.42 Å². The van der Waals surface area contributed by atoms with Gasteiger partial charge < -0.3 is 10.0 Å². The van der Waals surface area contributed by atoms with Crippen molar-refractivity contribution in [2.45, 2.75) is 6.42 Å². The van der Waals surface area contributed by atoms with E-state index in [2.05, 4.69) is 0 Å². The van der Waals surface area contributed by atoms with Crippen LogP contribution in [0.5, 0.6) is 0 Å². The fraction of sp³-hybridized carbons (Fsp3) is 0.273. The van der Waals surface area contributed by atoms with Crippen molar-refractivity contribution in [3.05, 3.63) is 30.1 Å². The zero-order chi connectivity index (χ0) is 11.7. The van der Waals surface area contributed by atoms with Gasteiger partial charge in [-0.25, -0.2) is 4.39 Å². The molecule has 1 atom stereocenters. The highest BCUT2D eigenvalue weighted by Gasteiger charge is 2.34. The molecule has 0 bridgehead atoms. The number of carbonyl (C=O) groups excluding carboxylic acids is 1. The lowest BCUT2D eigenvalue weighted by atomic mass is 10.1. The molecule has 5 heteroatoms. The number of amides is 1. The Hall–Kier alpha value is -1.91. The first-order chi connectivity index (χ1) is 7.58. The zero-order valence-corrected chi connectivity index (χ0v) is 8.39. The highest BCUT2D eigenvalue weighted by Crippen LogP contribution is 2.25. The van der Waals surface area contributed by atoms with E-state index in [0.29, 0.717) is 5.69 Å². The van der Waals surface area contributed by atoms with Crippen LogP contribution in [0.4, 0.5) is 10.1 Å². The first-order valence-corrected chi connectivity index (χ1v) is 4.86. The van der Waals surface area contributed by atoms with E-state index < -0.39 is 11.9 Å². The lowest BCUT2D eigenvalue weighted by Gasteiger charge is -2.15. The normalized spacial score (nSPS) is 20.2. The van der Waals surface area contributed by atoms with Crippen molar-refractivity contribution in [2.75, 3.05) is 11.4 Å². The summed E-state index contributed by atoms with van der Waals surface area (Å²) < 4.78 is 12.7. The van der Waals surface area contributed by atoms with E-state index in [1.807, 2.05) is 0 Å². The predicted molar refractivity (Wildman–Crippen MR) is 54.5 cm³/mol. The Balaban J connectivity index is 2.20. The maximum atomic E-state index is 12.7. The number of rotatable bonds is 2. The standard InChI is InChI=1S/C11H10FNO3/c12-8-1-3-9(4-2-8)13-6-7(11(15)16)5-10(13)14/h1-4,7H,5-6H2,(H,15,16)/t7-/m1/s1. The highest BCUT2D eigenvalue weighted by molar-refractivity contribution is 5.99. The number of benzene rings is 1. The number of aliphatic carboxylic acids is 1. The van der Waals surface area contributed by atoms with Crippen LogP contribution in [-0.4, -0.2) is 23.5 Å². The molecule has 1 fully saturated rings. The SMILES string of the molecule is O=C(O)[C@@H]1CC(=O)N(c2ccc(F)cc2)C1. The molecule has 0 saturated carbocycles. The van der Waals surface area contributed by atoms with Crippen molar-refractivity contribution in [2.24, 2.45) is 5.92 Å². The van der Waals surface area contributed by atoms with Gasteiger partial charge in [-0.1, -0.05) is 0 Å². The third-order valence-corrected chi connectivity index (χ3v) is 2.61. The summed E-state index contributed by atoms with van der Waals surface area (Å²) in [6.07, 6.45) is 0.00666. The molecule has 1 aliphatic heterocycles. The highest BCUT2D eigenvalue weighted by atomic mass is 19.1. The summed E-state index contributed by atoms with van der Waals surface area (Å²) in [6, 6.07) is 5.43. The summed E-state index contributed by atoms with van der Waals surface area (Å²) in [5, 5.41) is 8.80. The number of anilines is 1. The molecule has 0 aromatic heterocycles. The van der Waals surface area contributed by atoms with Gasteiger partial charge in [-0.2, -0.15) is 0 Å². The smallest absolute Gasteiger partial charge is 0.308 e. The van der Waals surface area contributed by atoms with E-state index in [9.17, 15) is 14.0 Å². The van der Waals surface area contributed by atoms with E-state index in [0.717, 1.165) is 0 Å². The number of carbonyl (C=O) groups is 2. The number of halogens is 1. The van der Waals surface area contributed by atoms with Gasteiger partial charge in [-0.05, 0) is 24.3 Å². The maximum Gasteiger partial charge on any atom is 0.308 e. The van der Waals surface area contributed by atoms with Crippen LogP contribution in [0.3, 0.4) is 0 Å². The molecule has 16 heavy (non-hydrogen) atoms. The van der Waals surface area contributed by atoms with Gasteiger partial charge in [0.2, 0.25) is 5.91 Å². The first kappa shape index (κ1) is 10.6. The third kappa shape index (κ3) is 1.88. The summed E-state index contributed by atoms with van der Waals surface area (Å²) in [5.74, 6) is -2.26. The quantitative estimate of drug-likeness (QED) is 0.821. The van der Waals surface area contributed by atoms with Gasteiger partial charge in [0.25, 0.3) is 0 Å². The van der Waals surface area contributed by atoms with Gasteiger partial charge in [0.15, 0.2) is 0 Å². The average molecular weight is 223 g/mol. The number of hydrogen-bond donors (Lipinski definition) is 1. The van der Waals surface area contributed by atoms with Crippen molar-refractivity contribution in [3.8, 4) is 0 Å². The second-order valence-electron chi connectivity index (χ2n) is 3.72. The van der Waals surface area contributed by atoms with Gasteiger partial charge in [0.05, 0.1) is 5.92 Å². The predicted octanol–water partition coefficient (Wildman–Crippen LogP) is 1.26. The molecule has 2 rings (SSSR count). The van der Waals surface area contributed by atoms with E-state index in [4.69, 9.17) is 5.11 Å². The Labute approximate surface area is 91.3 Å². The molecular weight excluding hydrogens is 213 g/mol. The lowest BCUT2D eigenvalue weighted by Crippen LogP contribution is -2.25. The van der Waals surface area contributed by atoms with Crippen LogP contribution >= 0.6 is 0 Å². The molecular formula is C11H10FNO3. The molecule has 0 radical (unpaired) electrons. The van der Waals surface area contributed by atoms with Crippen LogP contribution in [0.15, 0.2) is 24.3 Å². The number of carboxylic acid groups (broad SMARTS) is 1. The topological polar surface area (TPSA) is 57.6 Å². The summed E-state index contributed by atoms with van der Waals surface area (Å²) in [6.45, 7) is 0.153. The molecule has 1 aliphatic rings. The van der Waals surface area contributed by atoms with Crippen molar-refractivity contribution in [3.63, 3.8) is 0 Å². The summed E-state index contributed by atoms with van der Waals surface area (Å²) in [7, 11) is 0.